The lowest BCUT2D eigenvalue weighted by molar-refractivity contribution is -0.385. The Morgan fingerprint density at radius 2 is 1.74 bits per heavy atom. The molecule has 0 spiro atoms. The van der Waals surface area contributed by atoms with Gasteiger partial charge in [-0.15, -0.1) is 0 Å². The number of nitro benzene ring substituents is 1. The third-order valence-corrected chi connectivity index (χ3v) is 5.53. The van der Waals surface area contributed by atoms with Crippen LogP contribution in [0.25, 0.3) is 0 Å². The van der Waals surface area contributed by atoms with Gasteiger partial charge in [-0.25, -0.2) is 8.42 Å². The molecule has 0 amide bonds. The number of sulfonamides is 1. The van der Waals surface area contributed by atoms with E-state index < -0.39 is 14.9 Å². The maximum atomic E-state index is 13.0. The molecule has 6 nitrogen and oxygen atoms in total. The molecule has 2 aromatic carbocycles. The number of nitrogens with zero attached hydrogens (tertiary/aromatic N) is 2. The van der Waals surface area contributed by atoms with Gasteiger partial charge in [0, 0.05) is 18.7 Å². The molecule has 0 aliphatic heterocycles. The summed E-state index contributed by atoms with van der Waals surface area (Å²) in [7, 11) is -3.87. The minimum atomic E-state index is -3.87. The van der Waals surface area contributed by atoms with Crippen LogP contribution >= 0.6 is 0 Å². The first-order valence-corrected chi connectivity index (χ1v) is 8.71. The van der Waals surface area contributed by atoms with E-state index in [4.69, 9.17) is 0 Å². The number of rotatable bonds is 6. The molecule has 0 unspecified atom stereocenters. The molecule has 0 atom stereocenters. The number of benzene rings is 2. The summed E-state index contributed by atoms with van der Waals surface area (Å²) in [5, 5.41) is 11.0. The van der Waals surface area contributed by atoms with Crippen LogP contribution in [0.1, 0.15) is 19.4 Å². The van der Waals surface area contributed by atoms with Gasteiger partial charge in [-0.3, -0.25) is 14.4 Å². The first-order valence-electron chi connectivity index (χ1n) is 7.27. The monoisotopic (exact) mass is 334 g/mol. The predicted molar refractivity (Wildman–Crippen MR) is 89.1 cm³/mol. The number of non-ortho nitro benzene ring substituents is 1. The molecule has 0 heterocycles. The van der Waals surface area contributed by atoms with Crippen LogP contribution < -0.4 is 4.31 Å². The van der Waals surface area contributed by atoms with Crippen molar-refractivity contribution < 1.29 is 13.3 Å². The predicted octanol–water partition coefficient (Wildman–Crippen LogP) is 3.37. The summed E-state index contributed by atoms with van der Waals surface area (Å²) < 4.78 is 27.3. The van der Waals surface area contributed by atoms with E-state index in [0.717, 1.165) is 6.07 Å². The summed E-state index contributed by atoms with van der Waals surface area (Å²) in [5.74, 6) is 0. The van der Waals surface area contributed by atoms with Crippen LogP contribution in [-0.4, -0.2) is 19.9 Å². The average molecular weight is 334 g/mol. The molecule has 0 bridgehead atoms. The molecule has 0 aromatic heterocycles. The van der Waals surface area contributed by atoms with E-state index in [1.807, 2.05) is 6.92 Å². The van der Waals surface area contributed by atoms with E-state index in [1.54, 1.807) is 37.3 Å². The highest BCUT2D eigenvalue weighted by Gasteiger charge is 2.27. The average Bonchev–Trinajstić information content (AvgIpc) is 2.55. The van der Waals surface area contributed by atoms with Crippen molar-refractivity contribution in [2.45, 2.75) is 25.2 Å². The normalized spacial score (nSPS) is 11.2. The van der Waals surface area contributed by atoms with Crippen molar-refractivity contribution in [3.8, 4) is 0 Å². The topological polar surface area (TPSA) is 80.5 Å². The molecule has 2 aromatic rings. The Kier molecular flexibility index (Phi) is 5.00. The van der Waals surface area contributed by atoms with Crippen molar-refractivity contribution in [2.75, 3.05) is 10.8 Å². The van der Waals surface area contributed by atoms with Crippen molar-refractivity contribution in [1.29, 1.82) is 0 Å². The second-order valence-electron chi connectivity index (χ2n) is 4.91. The minimum absolute atomic E-state index is 0.0140. The smallest absolute Gasteiger partial charge is 0.267 e. The Hall–Kier alpha value is -2.41. The van der Waals surface area contributed by atoms with E-state index in [1.165, 1.54) is 16.4 Å². The van der Waals surface area contributed by atoms with Crippen LogP contribution in [0.5, 0.6) is 0 Å². The fraction of sp³-hybridized carbons (Fsp3) is 0.250. The van der Waals surface area contributed by atoms with Crippen LogP contribution in [0, 0.1) is 10.1 Å². The van der Waals surface area contributed by atoms with Gasteiger partial charge in [0.05, 0.1) is 15.5 Å². The van der Waals surface area contributed by atoms with E-state index in [0.29, 0.717) is 17.7 Å². The summed E-state index contributed by atoms with van der Waals surface area (Å²) in [6, 6.07) is 12.7. The fourth-order valence-corrected chi connectivity index (χ4v) is 4.18. The highest BCUT2D eigenvalue weighted by atomic mass is 32.2. The molecule has 7 heteroatoms. The molecule has 122 valence electrons. The second-order valence-corrected chi connectivity index (χ2v) is 6.74. The van der Waals surface area contributed by atoms with Crippen molar-refractivity contribution in [1.82, 2.24) is 0 Å². The van der Waals surface area contributed by atoms with Gasteiger partial charge in [0.25, 0.3) is 15.7 Å². The zero-order valence-corrected chi connectivity index (χ0v) is 13.8. The molecule has 0 saturated carbocycles. The quantitative estimate of drug-likeness (QED) is 0.599. The van der Waals surface area contributed by atoms with E-state index in [9.17, 15) is 18.5 Å². The Labute approximate surface area is 135 Å². The van der Waals surface area contributed by atoms with Crippen LogP contribution in [0.2, 0.25) is 0 Å². The molecule has 0 radical (unpaired) electrons. The van der Waals surface area contributed by atoms with Crippen LogP contribution in [-0.2, 0) is 16.4 Å². The second kappa shape index (κ2) is 6.78. The van der Waals surface area contributed by atoms with Crippen LogP contribution in [0.4, 0.5) is 11.4 Å². The molecule has 0 aliphatic rings. The van der Waals surface area contributed by atoms with E-state index >= 15 is 0 Å². The lowest BCUT2D eigenvalue weighted by Crippen LogP contribution is -2.31. The summed E-state index contributed by atoms with van der Waals surface area (Å²) in [4.78, 5) is 10.4. The van der Waals surface area contributed by atoms with Crippen LogP contribution in [0.3, 0.4) is 0 Å². The highest BCUT2D eigenvalue weighted by molar-refractivity contribution is 7.92. The summed E-state index contributed by atoms with van der Waals surface area (Å²) >= 11 is 0. The Balaban J connectivity index is 2.62. The van der Waals surface area contributed by atoms with Gasteiger partial charge in [0.2, 0.25) is 0 Å². The lowest BCUT2D eigenvalue weighted by atomic mass is 10.1. The van der Waals surface area contributed by atoms with Gasteiger partial charge in [-0.05, 0) is 31.0 Å². The standard InChI is InChI=1S/C16H18N2O4S/c1-3-13-10-11-15(18(19)20)12-16(13)23(21,22)17(4-2)14-8-6-5-7-9-14/h5-12H,3-4H2,1-2H3. The van der Waals surface area contributed by atoms with Crippen molar-refractivity contribution in [2.24, 2.45) is 0 Å². The van der Waals surface area contributed by atoms with Gasteiger partial charge in [-0.2, -0.15) is 0 Å². The van der Waals surface area contributed by atoms with E-state index in [-0.39, 0.29) is 17.1 Å². The number of hydrogen-bond donors (Lipinski definition) is 0. The first-order chi connectivity index (χ1) is 10.9. The fourth-order valence-electron chi connectivity index (χ4n) is 2.39. The summed E-state index contributed by atoms with van der Waals surface area (Å²) in [5.41, 5.74) is 0.860. The number of anilines is 1. The molecule has 0 saturated heterocycles. The minimum Gasteiger partial charge on any atom is -0.267 e. The van der Waals surface area contributed by atoms with Gasteiger partial charge in [-0.1, -0.05) is 31.2 Å². The Morgan fingerprint density at radius 1 is 1.09 bits per heavy atom. The zero-order valence-electron chi connectivity index (χ0n) is 13.0. The third kappa shape index (κ3) is 3.34. The maximum Gasteiger partial charge on any atom is 0.270 e. The van der Waals surface area contributed by atoms with Crippen molar-refractivity contribution in [3.63, 3.8) is 0 Å². The van der Waals surface area contributed by atoms with Gasteiger partial charge in [0.15, 0.2) is 0 Å². The number of nitro groups is 1. The molecule has 0 fully saturated rings. The van der Waals surface area contributed by atoms with Gasteiger partial charge < -0.3 is 0 Å². The largest absolute Gasteiger partial charge is 0.270 e. The van der Waals surface area contributed by atoms with Crippen molar-refractivity contribution in [3.05, 3.63) is 64.2 Å². The first kappa shape index (κ1) is 17.0. The molecular weight excluding hydrogens is 316 g/mol. The lowest BCUT2D eigenvalue weighted by Gasteiger charge is -2.24. The molecule has 2 rings (SSSR count). The molecule has 0 N–H and O–H groups in total. The maximum absolute atomic E-state index is 13.0. The van der Waals surface area contributed by atoms with Crippen molar-refractivity contribution >= 4 is 21.4 Å². The molecule has 23 heavy (non-hydrogen) atoms. The Bertz CT molecular complexity index is 804. The summed E-state index contributed by atoms with van der Waals surface area (Å²) in [6.07, 6.45) is 0.471. The number of hydrogen-bond acceptors (Lipinski definition) is 4. The number of para-hydroxylation sites is 1. The zero-order chi connectivity index (χ0) is 17.0. The van der Waals surface area contributed by atoms with Gasteiger partial charge in [0.1, 0.15) is 0 Å². The molecule has 0 aliphatic carbocycles. The van der Waals surface area contributed by atoms with E-state index in [2.05, 4.69) is 0 Å². The Morgan fingerprint density at radius 3 is 2.26 bits per heavy atom. The highest BCUT2D eigenvalue weighted by Crippen LogP contribution is 2.28. The third-order valence-electron chi connectivity index (χ3n) is 3.54. The summed E-state index contributed by atoms with van der Waals surface area (Å²) in [6.45, 7) is 3.78. The number of aryl methyl sites for hydroxylation is 1. The SMILES string of the molecule is CCc1ccc([N+](=O)[O-])cc1S(=O)(=O)N(CC)c1ccccc1. The van der Waals surface area contributed by atoms with Crippen LogP contribution in [0.15, 0.2) is 53.4 Å². The molecular formula is C16H18N2O4S. The van der Waals surface area contributed by atoms with Gasteiger partial charge >= 0.3 is 0 Å².